The minimum Gasteiger partial charge on any atom is -0.481 e. The van der Waals surface area contributed by atoms with Gasteiger partial charge in [-0.15, -0.1) is 0 Å². The lowest BCUT2D eigenvalue weighted by Gasteiger charge is -2.09. The monoisotopic (exact) mass is 275 g/mol. The van der Waals surface area contributed by atoms with Crippen LogP contribution in [-0.4, -0.2) is 28.9 Å². The van der Waals surface area contributed by atoms with Crippen LogP contribution < -0.4 is 4.74 Å². The van der Waals surface area contributed by atoms with Gasteiger partial charge >= 0.3 is 18.3 Å². The number of carbonyl (C=O) groups excluding carboxylic acids is 1. The first-order valence-electron chi connectivity index (χ1n) is 4.78. The van der Waals surface area contributed by atoms with Gasteiger partial charge in [-0.3, -0.25) is 19.7 Å². The maximum Gasteiger partial charge on any atom is 0.387 e. The maximum absolute atomic E-state index is 12.1. The molecule has 0 saturated heterocycles. The molecule has 19 heavy (non-hydrogen) atoms. The Bertz CT molecular complexity index is 531. The van der Waals surface area contributed by atoms with Crippen LogP contribution in [0, 0.1) is 10.1 Å². The molecule has 9 heteroatoms. The summed E-state index contributed by atoms with van der Waals surface area (Å²) in [5.41, 5.74) is -1.46. The van der Waals surface area contributed by atoms with Crippen LogP contribution in [0.5, 0.6) is 5.75 Å². The lowest BCUT2D eigenvalue weighted by atomic mass is 10.1. The number of nitrogens with zero attached hydrogens (tertiary/aromatic N) is 1. The van der Waals surface area contributed by atoms with Gasteiger partial charge < -0.3 is 9.84 Å². The predicted octanol–water partition coefficient (Wildman–Crippen LogP) is 1.64. The number of carbonyl (C=O) groups is 2. The SMILES string of the molecule is O=Cc1cc(CC(=O)O)cc([N+](=O)[O-])c1OC(F)F. The Labute approximate surface area is 104 Å². The summed E-state index contributed by atoms with van der Waals surface area (Å²) in [5.74, 6) is -2.17. The summed E-state index contributed by atoms with van der Waals surface area (Å²) < 4.78 is 28.2. The lowest BCUT2D eigenvalue weighted by Crippen LogP contribution is -2.09. The molecule has 0 aromatic heterocycles. The Kier molecular flexibility index (Phi) is 4.46. The number of aliphatic carboxylic acids is 1. The van der Waals surface area contributed by atoms with E-state index in [4.69, 9.17) is 5.11 Å². The third-order valence-corrected chi connectivity index (χ3v) is 2.04. The molecule has 102 valence electrons. The van der Waals surface area contributed by atoms with Crippen LogP contribution >= 0.6 is 0 Å². The second-order valence-corrected chi connectivity index (χ2v) is 3.36. The largest absolute Gasteiger partial charge is 0.481 e. The molecule has 1 rings (SSSR count). The normalized spacial score (nSPS) is 10.3. The first kappa shape index (κ1) is 14.5. The fourth-order valence-electron chi connectivity index (χ4n) is 1.41. The Morgan fingerprint density at radius 1 is 1.53 bits per heavy atom. The Morgan fingerprint density at radius 2 is 2.16 bits per heavy atom. The van der Waals surface area contributed by atoms with Gasteiger partial charge in [0.1, 0.15) is 0 Å². The molecule has 0 aliphatic rings. The molecule has 0 heterocycles. The van der Waals surface area contributed by atoms with E-state index in [1.807, 2.05) is 0 Å². The topological polar surface area (TPSA) is 107 Å². The zero-order valence-electron chi connectivity index (χ0n) is 9.21. The summed E-state index contributed by atoms with van der Waals surface area (Å²) >= 11 is 0. The molecule has 0 aliphatic carbocycles. The number of carboxylic acids is 1. The molecular formula is C10H7F2NO6. The second-order valence-electron chi connectivity index (χ2n) is 3.36. The highest BCUT2D eigenvalue weighted by molar-refractivity contribution is 5.83. The predicted molar refractivity (Wildman–Crippen MR) is 56.5 cm³/mol. The van der Waals surface area contributed by atoms with Crippen molar-refractivity contribution < 1.29 is 33.1 Å². The van der Waals surface area contributed by atoms with E-state index in [0.717, 1.165) is 12.1 Å². The van der Waals surface area contributed by atoms with Crippen molar-refractivity contribution >= 4 is 17.9 Å². The van der Waals surface area contributed by atoms with E-state index in [2.05, 4.69) is 4.74 Å². The summed E-state index contributed by atoms with van der Waals surface area (Å²) in [6, 6.07) is 1.73. The number of carboxylic acid groups (broad SMARTS) is 1. The van der Waals surface area contributed by atoms with E-state index >= 15 is 0 Å². The minimum atomic E-state index is -3.34. The molecule has 0 atom stereocenters. The van der Waals surface area contributed by atoms with Gasteiger partial charge in [-0.2, -0.15) is 8.78 Å². The summed E-state index contributed by atoms with van der Waals surface area (Å²) in [6.45, 7) is -3.34. The molecule has 0 fully saturated rings. The van der Waals surface area contributed by atoms with Crippen molar-refractivity contribution in [3.05, 3.63) is 33.4 Å². The standard InChI is InChI=1S/C10H7F2NO6/c11-10(12)19-9-6(4-14)1-5(3-8(15)16)2-7(9)13(17)18/h1-2,4,10H,3H2,(H,15,16). The molecule has 0 unspecified atom stereocenters. The third kappa shape index (κ3) is 3.69. The van der Waals surface area contributed by atoms with Crippen molar-refractivity contribution in [2.45, 2.75) is 13.0 Å². The number of ether oxygens (including phenoxy) is 1. The van der Waals surface area contributed by atoms with Gasteiger partial charge in [0.2, 0.25) is 5.75 Å². The number of nitro benzene ring substituents is 1. The van der Waals surface area contributed by atoms with Gasteiger partial charge in [-0.1, -0.05) is 0 Å². The lowest BCUT2D eigenvalue weighted by molar-refractivity contribution is -0.386. The minimum absolute atomic E-state index is 0.0667. The highest BCUT2D eigenvalue weighted by Crippen LogP contribution is 2.33. The maximum atomic E-state index is 12.1. The average Bonchev–Trinajstić information content (AvgIpc) is 2.28. The van der Waals surface area contributed by atoms with Crippen molar-refractivity contribution in [2.75, 3.05) is 0 Å². The molecule has 0 amide bonds. The average molecular weight is 275 g/mol. The summed E-state index contributed by atoms with van der Waals surface area (Å²) in [7, 11) is 0. The first-order valence-corrected chi connectivity index (χ1v) is 4.78. The van der Waals surface area contributed by atoms with Gasteiger partial charge in [0.25, 0.3) is 0 Å². The number of halogens is 2. The Balaban J connectivity index is 3.39. The van der Waals surface area contributed by atoms with Crippen LogP contribution in [0.15, 0.2) is 12.1 Å². The van der Waals surface area contributed by atoms with E-state index in [0.29, 0.717) is 0 Å². The van der Waals surface area contributed by atoms with Gasteiger partial charge in [-0.25, -0.2) is 0 Å². The number of nitro groups is 1. The molecule has 1 aromatic carbocycles. The summed E-state index contributed by atoms with van der Waals surface area (Å²) in [5, 5.41) is 19.3. The molecule has 0 radical (unpaired) electrons. The fourth-order valence-corrected chi connectivity index (χ4v) is 1.41. The van der Waals surface area contributed by atoms with Crippen molar-refractivity contribution in [1.82, 2.24) is 0 Å². The zero-order valence-corrected chi connectivity index (χ0v) is 9.21. The number of benzene rings is 1. The fraction of sp³-hybridized carbons (Fsp3) is 0.200. The smallest absolute Gasteiger partial charge is 0.387 e. The van der Waals surface area contributed by atoms with Crippen molar-refractivity contribution in [2.24, 2.45) is 0 Å². The third-order valence-electron chi connectivity index (χ3n) is 2.04. The molecule has 0 bridgehead atoms. The van der Waals surface area contributed by atoms with Crippen LogP contribution in [-0.2, 0) is 11.2 Å². The number of rotatable bonds is 6. The van der Waals surface area contributed by atoms with Crippen LogP contribution in [0.3, 0.4) is 0 Å². The highest BCUT2D eigenvalue weighted by Gasteiger charge is 2.24. The van der Waals surface area contributed by atoms with Crippen molar-refractivity contribution in [1.29, 1.82) is 0 Å². The summed E-state index contributed by atoms with van der Waals surface area (Å²) in [6.07, 6.45) is -0.507. The number of hydrogen-bond donors (Lipinski definition) is 1. The Hall–Kier alpha value is -2.58. The number of aldehydes is 1. The molecule has 0 saturated carbocycles. The molecule has 7 nitrogen and oxygen atoms in total. The van der Waals surface area contributed by atoms with E-state index in [-0.39, 0.29) is 11.8 Å². The number of hydrogen-bond acceptors (Lipinski definition) is 5. The molecule has 0 spiro atoms. The number of alkyl halides is 2. The van der Waals surface area contributed by atoms with Crippen LogP contribution in [0.25, 0.3) is 0 Å². The van der Waals surface area contributed by atoms with Crippen molar-refractivity contribution in [3.8, 4) is 5.75 Å². The van der Waals surface area contributed by atoms with E-state index in [9.17, 15) is 28.5 Å². The molecular weight excluding hydrogens is 268 g/mol. The quantitative estimate of drug-likeness (QED) is 0.480. The van der Waals surface area contributed by atoms with Crippen LogP contribution in [0.2, 0.25) is 0 Å². The van der Waals surface area contributed by atoms with E-state index in [1.165, 1.54) is 0 Å². The van der Waals surface area contributed by atoms with Crippen molar-refractivity contribution in [3.63, 3.8) is 0 Å². The van der Waals surface area contributed by atoms with Crippen LogP contribution in [0.1, 0.15) is 15.9 Å². The highest BCUT2D eigenvalue weighted by atomic mass is 19.3. The molecule has 1 N–H and O–H groups in total. The molecule has 0 aliphatic heterocycles. The zero-order chi connectivity index (χ0) is 14.6. The van der Waals surface area contributed by atoms with Gasteiger partial charge in [0, 0.05) is 6.07 Å². The van der Waals surface area contributed by atoms with E-state index < -0.39 is 40.9 Å². The first-order chi connectivity index (χ1) is 8.85. The van der Waals surface area contributed by atoms with E-state index in [1.54, 1.807) is 0 Å². The van der Waals surface area contributed by atoms with Crippen LogP contribution in [0.4, 0.5) is 14.5 Å². The molecule has 1 aromatic rings. The van der Waals surface area contributed by atoms with Gasteiger partial charge in [-0.05, 0) is 11.6 Å². The second kappa shape index (κ2) is 5.85. The van der Waals surface area contributed by atoms with Gasteiger partial charge in [0.15, 0.2) is 6.29 Å². The van der Waals surface area contributed by atoms with Gasteiger partial charge in [0.05, 0.1) is 16.9 Å². The summed E-state index contributed by atoms with van der Waals surface area (Å²) in [4.78, 5) is 30.9. The Morgan fingerprint density at radius 3 is 2.58 bits per heavy atom.